The summed E-state index contributed by atoms with van der Waals surface area (Å²) < 4.78 is 35.6. The predicted molar refractivity (Wildman–Crippen MR) is 57.0 cm³/mol. The van der Waals surface area contributed by atoms with Crippen LogP contribution in [0.2, 0.25) is 0 Å². The van der Waals surface area contributed by atoms with Crippen LogP contribution in [0.1, 0.15) is 12.8 Å². The molecule has 2 saturated heterocycles. The third kappa shape index (κ3) is 2.60. The highest BCUT2D eigenvalue weighted by atomic mass is 35.5. The van der Waals surface area contributed by atoms with Gasteiger partial charge in [0.25, 0.3) is 0 Å². The van der Waals surface area contributed by atoms with Gasteiger partial charge in [-0.15, -0.1) is 23.2 Å². The van der Waals surface area contributed by atoms with Crippen molar-refractivity contribution in [3.8, 4) is 0 Å². The number of hydrogen-bond acceptors (Lipinski definition) is 5. The maximum absolute atomic E-state index is 11.8. The van der Waals surface area contributed by atoms with Gasteiger partial charge in [0.15, 0.2) is 0 Å². The molecule has 0 N–H and O–H groups in total. The molecule has 2 aliphatic rings. The van der Waals surface area contributed by atoms with Gasteiger partial charge in [-0.3, -0.25) is 0 Å². The SMILES string of the molecule is O=C1N2C[C@@H](CC[C@H]2C(Cl)Cl)N1OS(=O)(=O)[O-]. The van der Waals surface area contributed by atoms with E-state index in [1.807, 2.05) is 0 Å². The van der Waals surface area contributed by atoms with E-state index in [-0.39, 0.29) is 12.6 Å². The van der Waals surface area contributed by atoms with Crippen molar-refractivity contribution in [1.82, 2.24) is 9.96 Å². The van der Waals surface area contributed by atoms with E-state index in [2.05, 4.69) is 4.28 Å². The molecule has 2 aliphatic heterocycles. The van der Waals surface area contributed by atoms with Crippen LogP contribution in [-0.4, -0.2) is 52.4 Å². The average molecular weight is 304 g/mol. The summed E-state index contributed by atoms with van der Waals surface area (Å²) >= 11 is 11.5. The number of carbonyl (C=O) groups is 1. The Kier molecular flexibility index (Phi) is 3.43. The van der Waals surface area contributed by atoms with Crippen molar-refractivity contribution in [2.45, 2.75) is 29.8 Å². The minimum atomic E-state index is -4.95. The highest BCUT2D eigenvalue weighted by Crippen LogP contribution is 2.34. The van der Waals surface area contributed by atoms with Crippen molar-refractivity contribution in [3.63, 3.8) is 0 Å². The van der Waals surface area contributed by atoms with Gasteiger partial charge in [0.1, 0.15) is 4.84 Å². The molecule has 0 saturated carbocycles. The third-order valence-electron chi connectivity index (χ3n) is 2.83. The maximum atomic E-state index is 11.8. The second-order valence-corrected chi connectivity index (χ2v) is 6.01. The largest absolute Gasteiger partial charge is 0.724 e. The molecule has 2 bridgehead atoms. The molecule has 98 valence electrons. The number of amides is 2. The van der Waals surface area contributed by atoms with Gasteiger partial charge in [-0.1, -0.05) is 0 Å². The first-order valence-corrected chi connectivity index (χ1v) is 7.03. The first kappa shape index (κ1) is 13.2. The van der Waals surface area contributed by atoms with E-state index >= 15 is 0 Å². The van der Waals surface area contributed by atoms with Crippen molar-refractivity contribution in [2.75, 3.05) is 6.54 Å². The average Bonchev–Trinajstić information content (AvgIpc) is 2.42. The van der Waals surface area contributed by atoms with Crippen LogP contribution in [0.3, 0.4) is 0 Å². The monoisotopic (exact) mass is 303 g/mol. The topological polar surface area (TPSA) is 90.0 Å². The zero-order chi connectivity index (χ0) is 12.8. The van der Waals surface area contributed by atoms with Gasteiger partial charge >= 0.3 is 6.03 Å². The maximum Gasteiger partial charge on any atom is 0.345 e. The number of rotatable bonds is 3. The van der Waals surface area contributed by atoms with Gasteiger partial charge in [0.2, 0.25) is 10.4 Å². The van der Waals surface area contributed by atoms with E-state index in [0.717, 1.165) is 0 Å². The van der Waals surface area contributed by atoms with Crippen LogP contribution in [-0.2, 0) is 14.7 Å². The molecule has 0 aromatic carbocycles. The summed E-state index contributed by atoms with van der Waals surface area (Å²) in [5.41, 5.74) is 0. The predicted octanol–water partition coefficient (Wildman–Crippen LogP) is 0.451. The number of nitrogens with zero attached hydrogens (tertiary/aromatic N) is 2. The fourth-order valence-corrected chi connectivity index (χ4v) is 3.03. The van der Waals surface area contributed by atoms with Gasteiger partial charge in [0.05, 0.1) is 12.1 Å². The highest BCUT2D eigenvalue weighted by Gasteiger charge is 2.48. The van der Waals surface area contributed by atoms with E-state index in [1.54, 1.807) is 0 Å². The highest BCUT2D eigenvalue weighted by molar-refractivity contribution is 7.80. The van der Waals surface area contributed by atoms with Crippen LogP contribution in [0.25, 0.3) is 0 Å². The summed E-state index contributed by atoms with van der Waals surface area (Å²) in [6.07, 6.45) is 1.02. The summed E-state index contributed by atoms with van der Waals surface area (Å²) in [5, 5.41) is 0.596. The van der Waals surface area contributed by atoms with Crippen molar-refractivity contribution in [2.24, 2.45) is 0 Å². The molecule has 0 spiro atoms. The molecule has 7 nitrogen and oxygen atoms in total. The minimum absolute atomic E-state index is 0.259. The summed E-state index contributed by atoms with van der Waals surface area (Å²) in [6, 6.07) is -1.53. The standard InChI is InChI=1S/C7H10Cl2N2O5S/c8-6(9)5-2-1-4-3-10(5)7(12)11(4)16-17(13,14)15/h4-6H,1-3H2,(H,13,14,15)/p-1/t4-,5+/m1/s1. The van der Waals surface area contributed by atoms with Crippen molar-refractivity contribution >= 4 is 39.6 Å². The number of alkyl halides is 2. The van der Waals surface area contributed by atoms with E-state index in [9.17, 15) is 17.8 Å². The van der Waals surface area contributed by atoms with E-state index in [1.165, 1.54) is 4.90 Å². The lowest BCUT2D eigenvalue weighted by molar-refractivity contribution is -0.0327. The Labute approximate surface area is 108 Å². The van der Waals surface area contributed by atoms with E-state index in [4.69, 9.17) is 23.2 Å². The Bertz CT molecular complexity index is 428. The van der Waals surface area contributed by atoms with Gasteiger partial charge in [-0.2, -0.15) is 9.35 Å². The van der Waals surface area contributed by atoms with Gasteiger partial charge in [-0.25, -0.2) is 13.2 Å². The fraction of sp³-hybridized carbons (Fsp3) is 0.857. The van der Waals surface area contributed by atoms with Crippen LogP contribution >= 0.6 is 23.2 Å². The first-order valence-electron chi connectivity index (χ1n) is 4.83. The van der Waals surface area contributed by atoms with Crippen LogP contribution in [0.15, 0.2) is 0 Å². The second kappa shape index (κ2) is 4.43. The molecule has 2 fully saturated rings. The van der Waals surface area contributed by atoms with Crippen molar-refractivity contribution in [1.29, 1.82) is 0 Å². The molecule has 0 aromatic rings. The normalized spacial score (nSPS) is 29.3. The second-order valence-electron chi connectivity index (χ2n) is 3.88. The molecular weight excluding hydrogens is 295 g/mol. The number of hydrogen-bond donors (Lipinski definition) is 0. The summed E-state index contributed by atoms with van der Waals surface area (Å²) in [4.78, 5) is 12.3. The number of urea groups is 1. The van der Waals surface area contributed by atoms with E-state index in [0.29, 0.717) is 17.9 Å². The Hall–Kier alpha value is -0.280. The molecule has 2 rings (SSSR count). The summed E-state index contributed by atoms with van der Waals surface area (Å²) in [5.74, 6) is 0. The number of hydroxylamine groups is 2. The molecule has 0 aliphatic carbocycles. The molecule has 0 aromatic heterocycles. The van der Waals surface area contributed by atoms with Crippen molar-refractivity contribution in [3.05, 3.63) is 0 Å². The van der Waals surface area contributed by atoms with E-state index < -0.39 is 27.3 Å². The Morgan fingerprint density at radius 1 is 1.41 bits per heavy atom. The molecule has 2 amide bonds. The summed E-state index contributed by atoms with van der Waals surface area (Å²) in [7, 11) is -4.95. The lowest BCUT2D eigenvalue weighted by Gasteiger charge is -2.30. The van der Waals surface area contributed by atoms with Crippen molar-refractivity contribution < 1.29 is 22.0 Å². The lowest BCUT2D eigenvalue weighted by Crippen LogP contribution is -2.43. The lowest BCUT2D eigenvalue weighted by atomic mass is 10.0. The Morgan fingerprint density at radius 3 is 2.59 bits per heavy atom. The van der Waals surface area contributed by atoms with Crippen LogP contribution in [0.4, 0.5) is 4.79 Å². The number of carbonyl (C=O) groups excluding carboxylic acids is 1. The zero-order valence-electron chi connectivity index (χ0n) is 8.45. The number of halogens is 2. The smallest absolute Gasteiger partial charge is 0.345 e. The molecule has 2 heterocycles. The Balaban J connectivity index is 2.17. The van der Waals surface area contributed by atoms with Crippen LogP contribution < -0.4 is 0 Å². The number of piperidine rings is 1. The van der Waals surface area contributed by atoms with Gasteiger partial charge in [0, 0.05) is 6.54 Å². The minimum Gasteiger partial charge on any atom is -0.724 e. The quantitative estimate of drug-likeness (QED) is 0.429. The molecule has 2 atom stereocenters. The third-order valence-corrected chi connectivity index (χ3v) is 3.76. The molecule has 10 heteroatoms. The van der Waals surface area contributed by atoms with Crippen LogP contribution in [0.5, 0.6) is 0 Å². The Morgan fingerprint density at radius 2 is 2.06 bits per heavy atom. The van der Waals surface area contributed by atoms with Gasteiger partial charge in [-0.05, 0) is 12.8 Å². The fourth-order valence-electron chi connectivity index (χ4n) is 2.12. The number of fused-ring (bicyclic) bond motifs is 2. The van der Waals surface area contributed by atoms with Gasteiger partial charge < -0.3 is 9.45 Å². The summed E-state index contributed by atoms with van der Waals surface area (Å²) in [6.45, 7) is 0.259. The van der Waals surface area contributed by atoms with Crippen LogP contribution in [0, 0.1) is 0 Å². The first-order chi connectivity index (χ1) is 7.79. The zero-order valence-corrected chi connectivity index (χ0v) is 10.8. The molecular formula is C7H9Cl2N2O5S-. The molecule has 0 unspecified atom stereocenters. The molecule has 17 heavy (non-hydrogen) atoms. The molecule has 0 radical (unpaired) electrons.